The van der Waals surface area contributed by atoms with Crippen molar-refractivity contribution in [1.82, 2.24) is 5.32 Å². The maximum absolute atomic E-state index is 11.8. The average molecular weight is 270 g/mol. The highest BCUT2D eigenvalue weighted by Gasteiger charge is 2.46. The van der Waals surface area contributed by atoms with E-state index in [0.717, 1.165) is 25.2 Å². The Kier molecular flexibility index (Phi) is 4.59. The highest BCUT2D eigenvalue weighted by Crippen LogP contribution is 2.39. The van der Waals surface area contributed by atoms with E-state index in [1.165, 1.54) is 25.0 Å². The summed E-state index contributed by atoms with van der Waals surface area (Å²) in [4.78, 5) is 11.8. The van der Waals surface area contributed by atoms with Crippen LogP contribution in [0.5, 0.6) is 0 Å². The number of carbonyl (C=O) groups is 1. The Balaban J connectivity index is 1.81. The molecule has 104 valence electrons. The summed E-state index contributed by atoms with van der Waals surface area (Å²) in [6.07, 6.45) is 6.67. The van der Waals surface area contributed by atoms with E-state index < -0.39 is 5.54 Å². The molecular weight excluding hydrogens is 244 g/mol. The molecule has 0 spiro atoms. The normalized spacial score (nSPS) is 32.1. The van der Waals surface area contributed by atoms with Crippen molar-refractivity contribution in [2.24, 2.45) is 11.7 Å². The molecule has 3 N–H and O–H groups in total. The SMILES string of the molecule is CC(C)CCSC1CCC(NC2CC2)(C(N)=O)C1. The molecule has 2 rings (SSSR count). The van der Waals surface area contributed by atoms with Crippen LogP contribution in [-0.4, -0.2) is 28.5 Å². The van der Waals surface area contributed by atoms with Crippen LogP contribution in [0.2, 0.25) is 0 Å². The molecule has 0 aliphatic heterocycles. The summed E-state index contributed by atoms with van der Waals surface area (Å²) >= 11 is 2.03. The molecule has 0 saturated heterocycles. The number of nitrogens with one attached hydrogen (secondary N) is 1. The molecule has 0 aromatic carbocycles. The lowest BCUT2D eigenvalue weighted by Gasteiger charge is -2.27. The second kappa shape index (κ2) is 5.83. The van der Waals surface area contributed by atoms with Gasteiger partial charge in [-0.2, -0.15) is 11.8 Å². The van der Waals surface area contributed by atoms with Crippen molar-refractivity contribution in [2.75, 3.05) is 5.75 Å². The molecule has 1 amide bonds. The third-order valence-electron chi connectivity index (χ3n) is 4.05. The van der Waals surface area contributed by atoms with Crippen LogP contribution < -0.4 is 11.1 Å². The topological polar surface area (TPSA) is 55.1 Å². The maximum Gasteiger partial charge on any atom is 0.237 e. The van der Waals surface area contributed by atoms with E-state index in [1.54, 1.807) is 0 Å². The number of amides is 1. The summed E-state index contributed by atoms with van der Waals surface area (Å²) in [5.74, 6) is 1.84. The van der Waals surface area contributed by atoms with Gasteiger partial charge in [-0.05, 0) is 50.2 Å². The molecule has 0 bridgehead atoms. The van der Waals surface area contributed by atoms with Crippen molar-refractivity contribution >= 4 is 17.7 Å². The quantitative estimate of drug-likeness (QED) is 0.746. The first-order valence-corrected chi connectivity index (χ1v) is 8.26. The molecule has 4 heteroatoms. The van der Waals surface area contributed by atoms with Crippen molar-refractivity contribution in [1.29, 1.82) is 0 Å². The van der Waals surface area contributed by atoms with Crippen molar-refractivity contribution in [2.45, 2.75) is 69.2 Å². The number of carbonyl (C=O) groups excluding carboxylic acids is 1. The smallest absolute Gasteiger partial charge is 0.237 e. The lowest BCUT2D eigenvalue weighted by molar-refractivity contribution is -0.124. The van der Waals surface area contributed by atoms with Gasteiger partial charge in [-0.15, -0.1) is 0 Å². The van der Waals surface area contributed by atoms with E-state index >= 15 is 0 Å². The predicted octanol–water partition coefficient (Wildman–Crippen LogP) is 2.29. The zero-order valence-corrected chi connectivity index (χ0v) is 12.4. The molecular formula is C14H26N2OS. The van der Waals surface area contributed by atoms with Gasteiger partial charge in [0, 0.05) is 11.3 Å². The minimum atomic E-state index is -0.392. The fraction of sp³-hybridized carbons (Fsp3) is 0.929. The van der Waals surface area contributed by atoms with Crippen LogP contribution in [0.4, 0.5) is 0 Å². The van der Waals surface area contributed by atoms with Gasteiger partial charge in [0.05, 0.1) is 5.54 Å². The van der Waals surface area contributed by atoms with Crippen molar-refractivity contribution < 1.29 is 4.79 Å². The van der Waals surface area contributed by atoms with Crippen LogP contribution in [-0.2, 0) is 4.79 Å². The third-order valence-corrected chi connectivity index (χ3v) is 5.39. The number of primary amides is 1. The summed E-state index contributed by atoms with van der Waals surface area (Å²) in [6, 6.07) is 0.553. The number of hydrogen-bond acceptors (Lipinski definition) is 3. The van der Waals surface area contributed by atoms with Gasteiger partial charge in [0.15, 0.2) is 0 Å². The molecule has 18 heavy (non-hydrogen) atoms. The van der Waals surface area contributed by atoms with E-state index in [-0.39, 0.29) is 5.91 Å². The molecule has 2 atom stereocenters. The highest BCUT2D eigenvalue weighted by atomic mass is 32.2. The van der Waals surface area contributed by atoms with Gasteiger partial charge in [-0.25, -0.2) is 0 Å². The summed E-state index contributed by atoms with van der Waals surface area (Å²) in [7, 11) is 0. The van der Waals surface area contributed by atoms with Gasteiger partial charge in [-0.1, -0.05) is 13.8 Å². The maximum atomic E-state index is 11.8. The van der Waals surface area contributed by atoms with E-state index in [4.69, 9.17) is 5.73 Å². The fourth-order valence-corrected chi connectivity index (χ4v) is 4.28. The van der Waals surface area contributed by atoms with E-state index in [0.29, 0.717) is 11.3 Å². The van der Waals surface area contributed by atoms with Crippen LogP contribution in [0.25, 0.3) is 0 Å². The molecule has 2 saturated carbocycles. The molecule has 2 fully saturated rings. The van der Waals surface area contributed by atoms with Gasteiger partial charge in [-0.3, -0.25) is 4.79 Å². The van der Waals surface area contributed by atoms with Gasteiger partial charge >= 0.3 is 0 Å². The first-order chi connectivity index (χ1) is 8.52. The summed E-state index contributed by atoms with van der Waals surface area (Å²) in [5, 5.41) is 4.12. The Morgan fingerprint density at radius 3 is 2.72 bits per heavy atom. The lowest BCUT2D eigenvalue weighted by Crippen LogP contribution is -2.54. The Morgan fingerprint density at radius 1 is 1.44 bits per heavy atom. The molecule has 0 aromatic heterocycles. The molecule has 0 aromatic rings. The van der Waals surface area contributed by atoms with Gasteiger partial charge in [0.25, 0.3) is 0 Å². The fourth-order valence-electron chi connectivity index (χ4n) is 2.66. The van der Waals surface area contributed by atoms with Crippen LogP contribution in [0, 0.1) is 5.92 Å². The van der Waals surface area contributed by atoms with Gasteiger partial charge < -0.3 is 11.1 Å². The van der Waals surface area contributed by atoms with E-state index in [2.05, 4.69) is 19.2 Å². The van der Waals surface area contributed by atoms with Gasteiger partial charge in [0.2, 0.25) is 5.91 Å². The molecule has 3 nitrogen and oxygen atoms in total. The second-order valence-electron chi connectivity index (χ2n) is 6.28. The predicted molar refractivity (Wildman–Crippen MR) is 77.6 cm³/mol. The van der Waals surface area contributed by atoms with E-state index in [9.17, 15) is 4.79 Å². The molecule has 2 aliphatic rings. The lowest BCUT2D eigenvalue weighted by atomic mass is 9.96. The van der Waals surface area contributed by atoms with Crippen LogP contribution >= 0.6 is 11.8 Å². The molecule has 2 unspecified atom stereocenters. The third kappa shape index (κ3) is 3.64. The molecule has 2 aliphatic carbocycles. The summed E-state index contributed by atoms with van der Waals surface area (Å²) in [5.41, 5.74) is 5.25. The zero-order chi connectivity index (χ0) is 13.2. The van der Waals surface area contributed by atoms with E-state index in [1.807, 2.05) is 11.8 Å². The highest BCUT2D eigenvalue weighted by molar-refractivity contribution is 7.99. The second-order valence-corrected chi connectivity index (χ2v) is 7.69. The Hall–Kier alpha value is -0.220. The molecule has 0 heterocycles. The standard InChI is InChI=1S/C14H26N2OS/c1-10(2)6-8-18-12-5-7-14(9-12,13(15)17)16-11-3-4-11/h10-12,16H,3-9H2,1-2H3,(H2,15,17). The van der Waals surface area contributed by atoms with Crippen molar-refractivity contribution in [3.05, 3.63) is 0 Å². The number of thioether (sulfide) groups is 1. The molecule has 0 radical (unpaired) electrons. The van der Waals surface area contributed by atoms with Crippen molar-refractivity contribution in [3.8, 4) is 0 Å². The first kappa shape index (κ1) is 14.2. The number of hydrogen-bond donors (Lipinski definition) is 2. The average Bonchev–Trinajstić information content (AvgIpc) is 2.98. The Morgan fingerprint density at radius 2 is 2.17 bits per heavy atom. The zero-order valence-electron chi connectivity index (χ0n) is 11.6. The van der Waals surface area contributed by atoms with Crippen molar-refractivity contribution in [3.63, 3.8) is 0 Å². The number of nitrogens with two attached hydrogens (primary N) is 1. The minimum absolute atomic E-state index is 0.138. The first-order valence-electron chi connectivity index (χ1n) is 7.21. The monoisotopic (exact) mass is 270 g/mol. The number of rotatable bonds is 7. The van der Waals surface area contributed by atoms with Gasteiger partial charge in [0.1, 0.15) is 0 Å². The van der Waals surface area contributed by atoms with Crippen LogP contribution in [0.15, 0.2) is 0 Å². The summed E-state index contributed by atoms with van der Waals surface area (Å²) < 4.78 is 0. The Labute approximate surface area is 115 Å². The van der Waals surface area contributed by atoms with Crippen LogP contribution in [0.1, 0.15) is 52.4 Å². The summed E-state index contributed by atoms with van der Waals surface area (Å²) in [6.45, 7) is 4.52. The Bertz CT molecular complexity index is 304. The largest absolute Gasteiger partial charge is 0.368 e. The van der Waals surface area contributed by atoms with Crippen LogP contribution in [0.3, 0.4) is 0 Å². The minimum Gasteiger partial charge on any atom is -0.368 e.